The van der Waals surface area contributed by atoms with Gasteiger partial charge in [0.15, 0.2) is 11.5 Å². The smallest absolute Gasteiger partial charge is 0.274 e. The summed E-state index contributed by atoms with van der Waals surface area (Å²) in [5, 5.41) is 3.97. The average molecular weight is 330 g/mol. The van der Waals surface area contributed by atoms with E-state index in [1.165, 1.54) is 6.26 Å². The first-order valence-corrected chi connectivity index (χ1v) is 7.84. The summed E-state index contributed by atoms with van der Waals surface area (Å²) in [5.41, 5.74) is 3.73. The van der Waals surface area contributed by atoms with Gasteiger partial charge in [0, 0.05) is 0 Å². The highest BCUT2D eigenvalue weighted by Crippen LogP contribution is 2.27. The number of unbranched alkanes of at least 4 members (excludes halogenated alkanes) is 1. The van der Waals surface area contributed by atoms with Crippen molar-refractivity contribution in [1.82, 2.24) is 5.43 Å². The molecule has 0 saturated carbocycles. The van der Waals surface area contributed by atoms with E-state index in [9.17, 15) is 4.79 Å². The topological polar surface area (TPSA) is 73.1 Å². The summed E-state index contributed by atoms with van der Waals surface area (Å²) in [6.45, 7) is 4.46. The Kier molecular flexibility index (Phi) is 6.42. The van der Waals surface area contributed by atoms with Crippen molar-refractivity contribution in [2.75, 3.05) is 13.7 Å². The van der Waals surface area contributed by atoms with Crippen molar-refractivity contribution in [3.8, 4) is 11.5 Å². The number of hydrogen-bond acceptors (Lipinski definition) is 5. The van der Waals surface area contributed by atoms with Gasteiger partial charge in [0.2, 0.25) is 0 Å². The first-order valence-electron chi connectivity index (χ1n) is 7.84. The molecule has 1 amide bonds. The van der Waals surface area contributed by atoms with E-state index in [0.717, 1.165) is 18.4 Å². The minimum atomic E-state index is -0.314. The van der Waals surface area contributed by atoms with Gasteiger partial charge in [0.25, 0.3) is 5.91 Å². The quantitative estimate of drug-likeness (QED) is 0.456. The summed E-state index contributed by atoms with van der Waals surface area (Å²) in [5.74, 6) is 1.57. The van der Waals surface area contributed by atoms with E-state index in [0.29, 0.717) is 29.4 Å². The second-order valence-corrected chi connectivity index (χ2v) is 5.20. The number of furan rings is 1. The van der Waals surface area contributed by atoms with Crippen molar-refractivity contribution in [1.29, 1.82) is 0 Å². The second-order valence-electron chi connectivity index (χ2n) is 5.20. The summed E-state index contributed by atoms with van der Waals surface area (Å²) in [6.07, 6.45) is 5.06. The van der Waals surface area contributed by atoms with E-state index < -0.39 is 0 Å². The second kappa shape index (κ2) is 8.76. The number of methoxy groups -OCH3 is 1. The van der Waals surface area contributed by atoms with Crippen LogP contribution in [0.3, 0.4) is 0 Å². The van der Waals surface area contributed by atoms with Gasteiger partial charge in [-0.3, -0.25) is 4.79 Å². The largest absolute Gasteiger partial charge is 0.493 e. The number of ether oxygens (including phenoxy) is 2. The Hall–Kier alpha value is -2.76. The van der Waals surface area contributed by atoms with Gasteiger partial charge in [-0.15, -0.1) is 0 Å². The summed E-state index contributed by atoms with van der Waals surface area (Å²) < 4.78 is 16.1. The van der Waals surface area contributed by atoms with E-state index >= 15 is 0 Å². The Morgan fingerprint density at radius 1 is 1.33 bits per heavy atom. The zero-order valence-electron chi connectivity index (χ0n) is 14.2. The van der Waals surface area contributed by atoms with Gasteiger partial charge in [0.1, 0.15) is 5.76 Å². The molecular formula is C18H22N2O4. The summed E-state index contributed by atoms with van der Waals surface area (Å²) in [7, 11) is 1.60. The Bertz CT molecular complexity index is 707. The fourth-order valence-electron chi connectivity index (χ4n) is 2.06. The number of carbonyl (C=O) groups excluding carboxylic acids is 1. The third-order valence-electron chi connectivity index (χ3n) is 3.43. The third-order valence-corrected chi connectivity index (χ3v) is 3.43. The maximum atomic E-state index is 11.9. The summed E-state index contributed by atoms with van der Waals surface area (Å²) >= 11 is 0. The fraction of sp³-hybridized carbons (Fsp3) is 0.333. The van der Waals surface area contributed by atoms with Gasteiger partial charge in [0.05, 0.1) is 31.8 Å². The number of aryl methyl sites for hydroxylation is 1. The van der Waals surface area contributed by atoms with Crippen molar-refractivity contribution in [3.63, 3.8) is 0 Å². The Balaban J connectivity index is 2.02. The number of amides is 1. The van der Waals surface area contributed by atoms with Crippen LogP contribution in [0.25, 0.3) is 0 Å². The summed E-state index contributed by atoms with van der Waals surface area (Å²) in [6, 6.07) is 7.08. The number of rotatable bonds is 8. The lowest BCUT2D eigenvalue weighted by Crippen LogP contribution is -2.17. The first kappa shape index (κ1) is 17.6. The van der Waals surface area contributed by atoms with Crippen LogP contribution in [0.4, 0.5) is 0 Å². The molecule has 0 saturated heterocycles. The third kappa shape index (κ3) is 4.62. The molecule has 0 unspecified atom stereocenters. The van der Waals surface area contributed by atoms with E-state index in [1.54, 1.807) is 26.3 Å². The zero-order valence-corrected chi connectivity index (χ0v) is 14.2. The van der Waals surface area contributed by atoms with Gasteiger partial charge in [-0.05, 0) is 43.2 Å². The SMILES string of the molecule is CCCCOc1cc(/C=N\NC(=O)c2ccoc2C)ccc1OC. The average Bonchev–Trinajstić information content (AvgIpc) is 3.01. The lowest BCUT2D eigenvalue weighted by Gasteiger charge is -2.10. The van der Waals surface area contributed by atoms with E-state index in [2.05, 4.69) is 17.5 Å². The van der Waals surface area contributed by atoms with Crippen molar-refractivity contribution in [3.05, 3.63) is 47.4 Å². The lowest BCUT2D eigenvalue weighted by atomic mass is 10.2. The number of carbonyl (C=O) groups is 1. The molecule has 0 spiro atoms. The van der Waals surface area contributed by atoms with Gasteiger partial charge < -0.3 is 13.9 Å². The number of nitrogens with zero attached hydrogens (tertiary/aromatic N) is 1. The van der Waals surface area contributed by atoms with Gasteiger partial charge in [-0.1, -0.05) is 13.3 Å². The zero-order chi connectivity index (χ0) is 17.4. The molecule has 0 aliphatic carbocycles. The maximum Gasteiger partial charge on any atom is 0.274 e. The predicted molar refractivity (Wildman–Crippen MR) is 91.9 cm³/mol. The van der Waals surface area contributed by atoms with Crippen LogP contribution in [0, 0.1) is 6.92 Å². The maximum absolute atomic E-state index is 11.9. The molecule has 6 heteroatoms. The minimum absolute atomic E-state index is 0.314. The van der Waals surface area contributed by atoms with Crippen LogP contribution in [0.5, 0.6) is 11.5 Å². The number of hydrazone groups is 1. The van der Waals surface area contributed by atoms with Crippen LogP contribution in [0.1, 0.15) is 41.4 Å². The first-order chi connectivity index (χ1) is 11.7. The van der Waals surface area contributed by atoms with Gasteiger partial charge in [-0.25, -0.2) is 5.43 Å². The van der Waals surface area contributed by atoms with Crippen LogP contribution in [0.15, 0.2) is 40.0 Å². The normalized spacial score (nSPS) is 10.8. The molecule has 1 aromatic carbocycles. The molecule has 0 aliphatic rings. The van der Waals surface area contributed by atoms with E-state index in [-0.39, 0.29) is 5.91 Å². The highest BCUT2D eigenvalue weighted by molar-refractivity contribution is 5.95. The monoisotopic (exact) mass is 330 g/mol. The van der Waals surface area contributed by atoms with Crippen molar-refractivity contribution in [2.24, 2.45) is 5.10 Å². The van der Waals surface area contributed by atoms with E-state index in [1.807, 2.05) is 18.2 Å². The molecule has 2 aromatic rings. The molecule has 0 atom stereocenters. The molecule has 24 heavy (non-hydrogen) atoms. The molecule has 1 heterocycles. The highest BCUT2D eigenvalue weighted by Gasteiger charge is 2.10. The van der Waals surface area contributed by atoms with Crippen molar-refractivity contribution < 1.29 is 18.7 Å². The van der Waals surface area contributed by atoms with Gasteiger partial charge >= 0.3 is 0 Å². The van der Waals surface area contributed by atoms with Crippen molar-refractivity contribution >= 4 is 12.1 Å². The molecule has 1 aromatic heterocycles. The minimum Gasteiger partial charge on any atom is -0.493 e. The molecule has 0 aliphatic heterocycles. The van der Waals surface area contributed by atoms with Gasteiger partial charge in [-0.2, -0.15) is 5.10 Å². The fourth-order valence-corrected chi connectivity index (χ4v) is 2.06. The number of benzene rings is 1. The van der Waals surface area contributed by atoms with Crippen molar-refractivity contribution in [2.45, 2.75) is 26.7 Å². The molecule has 1 N–H and O–H groups in total. The highest BCUT2D eigenvalue weighted by atomic mass is 16.5. The molecule has 0 fully saturated rings. The predicted octanol–water partition coefficient (Wildman–Crippen LogP) is 3.54. The number of nitrogens with one attached hydrogen (secondary N) is 1. The molecule has 128 valence electrons. The number of hydrogen-bond donors (Lipinski definition) is 1. The molecule has 2 rings (SSSR count). The van der Waals surface area contributed by atoms with Crippen LogP contribution in [0.2, 0.25) is 0 Å². The Morgan fingerprint density at radius 2 is 2.17 bits per heavy atom. The molecular weight excluding hydrogens is 308 g/mol. The Morgan fingerprint density at radius 3 is 2.83 bits per heavy atom. The molecule has 0 bridgehead atoms. The van der Waals surface area contributed by atoms with Crippen LogP contribution < -0.4 is 14.9 Å². The standard InChI is InChI=1S/C18H22N2O4/c1-4-5-9-24-17-11-14(6-7-16(17)22-3)12-19-20-18(21)15-8-10-23-13(15)2/h6-8,10-12H,4-5,9H2,1-3H3,(H,20,21)/b19-12-. The molecule has 6 nitrogen and oxygen atoms in total. The summed E-state index contributed by atoms with van der Waals surface area (Å²) in [4.78, 5) is 11.9. The van der Waals surface area contributed by atoms with Crippen LogP contribution >= 0.6 is 0 Å². The van der Waals surface area contributed by atoms with Crippen LogP contribution in [-0.4, -0.2) is 25.8 Å². The Labute approximate surface area is 141 Å². The molecule has 0 radical (unpaired) electrons. The lowest BCUT2D eigenvalue weighted by molar-refractivity contribution is 0.0953. The van der Waals surface area contributed by atoms with Crippen LogP contribution in [-0.2, 0) is 0 Å². The van der Waals surface area contributed by atoms with E-state index in [4.69, 9.17) is 13.9 Å².